The number of ether oxygens (including phenoxy) is 1. The van der Waals surface area contributed by atoms with E-state index >= 15 is 0 Å². The van der Waals surface area contributed by atoms with Gasteiger partial charge in [0, 0.05) is 31.1 Å². The summed E-state index contributed by atoms with van der Waals surface area (Å²) in [5, 5.41) is 10.7. The van der Waals surface area contributed by atoms with Crippen LogP contribution in [-0.4, -0.2) is 28.0 Å². The number of anilines is 2. The lowest BCUT2D eigenvalue weighted by molar-refractivity contribution is -0.384. The van der Waals surface area contributed by atoms with Crippen molar-refractivity contribution in [3.05, 3.63) is 46.1 Å². The van der Waals surface area contributed by atoms with Crippen molar-refractivity contribution in [1.29, 1.82) is 0 Å². The largest absolute Gasteiger partial charge is 0.474 e. The minimum absolute atomic E-state index is 0.00449. The van der Waals surface area contributed by atoms with Gasteiger partial charge in [-0.15, -0.1) is 0 Å². The first-order chi connectivity index (χ1) is 12.8. The molecule has 0 saturated heterocycles. The molecule has 2 aromatic rings. The van der Waals surface area contributed by atoms with Crippen LogP contribution in [0.4, 0.5) is 30.5 Å². The lowest BCUT2D eigenvalue weighted by atomic mass is 10.2. The molecule has 144 valence electrons. The van der Waals surface area contributed by atoms with E-state index in [9.17, 15) is 23.3 Å². The van der Waals surface area contributed by atoms with Gasteiger partial charge in [0.25, 0.3) is 5.69 Å². The molecule has 1 aromatic heterocycles. The number of non-ortho nitro benzene ring substituents is 1. The standard InChI is InChI=1S/C17H17F3N4O3/c1-23(11-6-8-12(9-7-11)24(25)26)16-21-10-14(17(18,19)20)15(22-16)27-13-4-2-3-5-13/h6-10,13H,2-5H2,1H3. The Morgan fingerprint density at radius 2 is 1.85 bits per heavy atom. The summed E-state index contributed by atoms with van der Waals surface area (Å²) in [5.41, 5.74) is -0.617. The zero-order chi connectivity index (χ0) is 19.6. The first kappa shape index (κ1) is 18.9. The fraction of sp³-hybridized carbons (Fsp3) is 0.412. The van der Waals surface area contributed by atoms with Gasteiger partial charge in [-0.05, 0) is 37.8 Å². The van der Waals surface area contributed by atoms with E-state index in [0.717, 1.165) is 12.8 Å². The molecule has 1 aromatic carbocycles. The van der Waals surface area contributed by atoms with Crippen LogP contribution >= 0.6 is 0 Å². The molecule has 1 heterocycles. The second-order valence-electron chi connectivity index (χ2n) is 6.24. The highest BCUT2D eigenvalue weighted by atomic mass is 19.4. The van der Waals surface area contributed by atoms with Gasteiger partial charge in [0.2, 0.25) is 11.8 Å². The minimum Gasteiger partial charge on any atom is -0.474 e. The third-order valence-corrected chi connectivity index (χ3v) is 4.37. The summed E-state index contributed by atoms with van der Waals surface area (Å²) in [6.07, 6.45) is -1.02. The molecule has 0 aliphatic heterocycles. The molecule has 3 rings (SSSR count). The van der Waals surface area contributed by atoms with Crippen molar-refractivity contribution in [1.82, 2.24) is 9.97 Å². The van der Waals surface area contributed by atoms with Crippen LogP contribution < -0.4 is 9.64 Å². The lowest BCUT2D eigenvalue weighted by Crippen LogP contribution is -2.20. The van der Waals surface area contributed by atoms with Gasteiger partial charge >= 0.3 is 6.18 Å². The monoisotopic (exact) mass is 382 g/mol. The van der Waals surface area contributed by atoms with Crippen LogP contribution in [0.5, 0.6) is 5.88 Å². The molecule has 0 bridgehead atoms. The van der Waals surface area contributed by atoms with Crippen molar-refractivity contribution >= 4 is 17.3 Å². The van der Waals surface area contributed by atoms with Crippen molar-refractivity contribution in [3.8, 4) is 5.88 Å². The molecule has 1 aliphatic rings. The van der Waals surface area contributed by atoms with E-state index < -0.39 is 22.5 Å². The number of alkyl halides is 3. The SMILES string of the molecule is CN(c1ccc([N+](=O)[O-])cc1)c1ncc(C(F)(F)F)c(OC2CCCC2)n1. The molecule has 0 amide bonds. The van der Waals surface area contributed by atoms with Gasteiger partial charge in [-0.1, -0.05) is 0 Å². The summed E-state index contributed by atoms with van der Waals surface area (Å²) in [7, 11) is 1.56. The Kier molecular flexibility index (Phi) is 5.15. The molecule has 1 fully saturated rings. The second kappa shape index (κ2) is 7.37. The predicted octanol–water partition coefficient (Wildman–Crippen LogP) is 4.49. The summed E-state index contributed by atoms with van der Waals surface area (Å²) >= 11 is 0. The topological polar surface area (TPSA) is 81.4 Å². The normalized spacial score (nSPS) is 15.0. The van der Waals surface area contributed by atoms with Crippen LogP contribution in [0.1, 0.15) is 31.2 Å². The molecule has 0 unspecified atom stereocenters. The van der Waals surface area contributed by atoms with E-state index in [4.69, 9.17) is 4.74 Å². The maximum absolute atomic E-state index is 13.3. The zero-order valence-corrected chi connectivity index (χ0v) is 14.4. The number of hydrogen-bond donors (Lipinski definition) is 0. The van der Waals surface area contributed by atoms with Crippen molar-refractivity contribution in [3.63, 3.8) is 0 Å². The molecule has 0 spiro atoms. The average molecular weight is 382 g/mol. The summed E-state index contributed by atoms with van der Waals surface area (Å²) in [5.74, 6) is -0.488. The smallest absolute Gasteiger partial charge is 0.423 e. The lowest BCUT2D eigenvalue weighted by Gasteiger charge is -2.21. The number of benzene rings is 1. The Labute approximate surface area is 152 Å². The number of nitro groups is 1. The number of rotatable bonds is 5. The van der Waals surface area contributed by atoms with E-state index in [0.29, 0.717) is 24.7 Å². The number of hydrogen-bond acceptors (Lipinski definition) is 6. The van der Waals surface area contributed by atoms with Crippen molar-refractivity contribution < 1.29 is 22.8 Å². The molecule has 1 saturated carbocycles. The predicted molar refractivity (Wildman–Crippen MR) is 91.1 cm³/mol. The van der Waals surface area contributed by atoms with Crippen LogP contribution in [0.15, 0.2) is 30.5 Å². The van der Waals surface area contributed by atoms with Crippen LogP contribution in [0.25, 0.3) is 0 Å². The first-order valence-electron chi connectivity index (χ1n) is 8.35. The van der Waals surface area contributed by atoms with Crippen molar-refractivity contribution in [2.75, 3.05) is 11.9 Å². The van der Waals surface area contributed by atoms with Gasteiger partial charge in [0.1, 0.15) is 11.7 Å². The van der Waals surface area contributed by atoms with Gasteiger partial charge in [0.15, 0.2) is 0 Å². The van der Waals surface area contributed by atoms with Gasteiger partial charge < -0.3 is 9.64 Å². The Hall–Kier alpha value is -2.91. The summed E-state index contributed by atoms with van der Waals surface area (Å²) in [6.45, 7) is 0. The highest BCUT2D eigenvalue weighted by Crippen LogP contribution is 2.37. The molecule has 0 atom stereocenters. The molecule has 0 radical (unpaired) electrons. The molecule has 10 heteroatoms. The van der Waals surface area contributed by atoms with Crippen LogP contribution in [0.2, 0.25) is 0 Å². The highest BCUT2D eigenvalue weighted by molar-refractivity contribution is 5.58. The highest BCUT2D eigenvalue weighted by Gasteiger charge is 2.37. The zero-order valence-electron chi connectivity index (χ0n) is 14.4. The van der Waals surface area contributed by atoms with Crippen LogP contribution in [0, 0.1) is 10.1 Å². The first-order valence-corrected chi connectivity index (χ1v) is 8.35. The third kappa shape index (κ3) is 4.26. The molecular formula is C17H17F3N4O3. The number of nitrogens with zero attached hydrogens (tertiary/aromatic N) is 4. The molecule has 27 heavy (non-hydrogen) atoms. The van der Waals surface area contributed by atoms with Gasteiger partial charge in [0.05, 0.1) is 4.92 Å². The number of halogens is 3. The fourth-order valence-corrected chi connectivity index (χ4v) is 2.88. The summed E-state index contributed by atoms with van der Waals surface area (Å²) in [6, 6.07) is 5.53. The Balaban J connectivity index is 1.91. The van der Waals surface area contributed by atoms with Crippen LogP contribution in [-0.2, 0) is 6.18 Å². The van der Waals surface area contributed by atoms with Crippen molar-refractivity contribution in [2.24, 2.45) is 0 Å². The quantitative estimate of drug-likeness (QED) is 0.560. The molecule has 1 aliphatic carbocycles. The number of aromatic nitrogens is 2. The maximum Gasteiger partial charge on any atom is 0.423 e. The Bertz CT molecular complexity index is 821. The molecule has 7 nitrogen and oxygen atoms in total. The van der Waals surface area contributed by atoms with E-state index in [1.807, 2.05) is 0 Å². The average Bonchev–Trinajstić information content (AvgIpc) is 3.13. The Morgan fingerprint density at radius 3 is 2.41 bits per heavy atom. The summed E-state index contributed by atoms with van der Waals surface area (Å²) < 4.78 is 45.3. The van der Waals surface area contributed by atoms with E-state index in [2.05, 4.69) is 9.97 Å². The van der Waals surface area contributed by atoms with Crippen molar-refractivity contribution in [2.45, 2.75) is 38.0 Å². The van der Waals surface area contributed by atoms with Gasteiger partial charge in [-0.2, -0.15) is 18.2 Å². The third-order valence-electron chi connectivity index (χ3n) is 4.37. The Morgan fingerprint density at radius 1 is 1.22 bits per heavy atom. The second-order valence-corrected chi connectivity index (χ2v) is 6.24. The molecule has 0 N–H and O–H groups in total. The minimum atomic E-state index is -4.63. The van der Waals surface area contributed by atoms with E-state index in [-0.39, 0.29) is 17.7 Å². The molecular weight excluding hydrogens is 365 g/mol. The maximum atomic E-state index is 13.3. The van der Waals surface area contributed by atoms with Gasteiger partial charge in [-0.3, -0.25) is 10.1 Å². The van der Waals surface area contributed by atoms with E-state index in [1.165, 1.54) is 29.2 Å². The van der Waals surface area contributed by atoms with Crippen LogP contribution in [0.3, 0.4) is 0 Å². The van der Waals surface area contributed by atoms with Gasteiger partial charge in [-0.25, -0.2) is 4.98 Å². The summed E-state index contributed by atoms with van der Waals surface area (Å²) in [4.78, 5) is 19.4. The van der Waals surface area contributed by atoms with E-state index in [1.54, 1.807) is 7.05 Å². The number of nitro benzene ring substituents is 1. The fourth-order valence-electron chi connectivity index (χ4n) is 2.88.